The van der Waals surface area contributed by atoms with Gasteiger partial charge < -0.3 is 15.0 Å². The fourth-order valence-electron chi connectivity index (χ4n) is 3.44. The molecule has 3 aromatic rings. The van der Waals surface area contributed by atoms with Crippen LogP contribution in [-0.4, -0.2) is 56.9 Å². The van der Waals surface area contributed by atoms with Gasteiger partial charge in [0.25, 0.3) is 11.9 Å². The van der Waals surface area contributed by atoms with E-state index >= 15 is 0 Å². The molecular formula is C19H21F2N7O2. The molecule has 4 rings (SSSR count). The number of methoxy groups -OCH3 is 1. The van der Waals surface area contributed by atoms with Gasteiger partial charge in [-0.2, -0.15) is 13.5 Å². The van der Waals surface area contributed by atoms with Crippen LogP contribution in [0, 0.1) is 0 Å². The zero-order valence-corrected chi connectivity index (χ0v) is 16.8. The quantitative estimate of drug-likeness (QED) is 0.681. The largest absolute Gasteiger partial charge is 0.380 e. The number of amides is 1. The van der Waals surface area contributed by atoms with Crippen molar-refractivity contribution in [2.75, 3.05) is 30.4 Å². The molecule has 30 heavy (non-hydrogen) atoms. The van der Waals surface area contributed by atoms with Gasteiger partial charge in [-0.1, -0.05) is 0 Å². The van der Waals surface area contributed by atoms with Gasteiger partial charge >= 0.3 is 0 Å². The van der Waals surface area contributed by atoms with Crippen molar-refractivity contribution in [1.82, 2.24) is 24.7 Å². The van der Waals surface area contributed by atoms with Crippen LogP contribution >= 0.6 is 0 Å². The Morgan fingerprint density at radius 2 is 2.17 bits per heavy atom. The lowest BCUT2D eigenvalue weighted by Crippen LogP contribution is -2.23. The monoisotopic (exact) mass is 417 g/mol. The van der Waals surface area contributed by atoms with E-state index in [1.807, 2.05) is 4.90 Å². The van der Waals surface area contributed by atoms with Gasteiger partial charge in [-0.3, -0.25) is 4.79 Å². The number of aromatic nitrogens is 5. The van der Waals surface area contributed by atoms with Crippen LogP contribution in [0.1, 0.15) is 26.0 Å². The van der Waals surface area contributed by atoms with E-state index in [1.165, 1.54) is 23.9 Å². The molecule has 1 unspecified atom stereocenters. The zero-order valence-electron chi connectivity index (χ0n) is 16.8. The maximum Gasteiger partial charge on any atom is 0.287 e. The average Bonchev–Trinajstić information content (AvgIpc) is 3.31. The third-order valence-electron chi connectivity index (χ3n) is 4.91. The SMILES string of the molecule is COC1CCN(c2nn(-c3nccc(C(C)(F)F)n3)c3cc(NC(C)=O)ncc23)C1. The zero-order chi connectivity index (χ0) is 21.5. The summed E-state index contributed by atoms with van der Waals surface area (Å²) in [5.74, 6) is -2.45. The van der Waals surface area contributed by atoms with Crippen molar-refractivity contribution in [3.63, 3.8) is 0 Å². The van der Waals surface area contributed by atoms with Gasteiger partial charge in [-0.05, 0) is 12.5 Å². The summed E-state index contributed by atoms with van der Waals surface area (Å²) in [6.45, 7) is 3.52. The number of hydrogen-bond donors (Lipinski definition) is 1. The second kappa shape index (κ2) is 7.56. The summed E-state index contributed by atoms with van der Waals surface area (Å²) in [6.07, 6.45) is 3.79. The van der Waals surface area contributed by atoms with Crippen molar-refractivity contribution in [2.45, 2.75) is 32.3 Å². The molecule has 0 radical (unpaired) electrons. The van der Waals surface area contributed by atoms with Crippen molar-refractivity contribution in [3.05, 3.63) is 30.2 Å². The summed E-state index contributed by atoms with van der Waals surface area (Å²) >= 11 is 0. The van der Waals surface area contributed by atoms with Gasteiger partial charge in [0.05, 0.1) is 17.0 Å². The van der Waals surface area contributed by atoms with Crippen LogP contribution in [0.25, 0.3) is 16.9 Å². The minimum Gasteiger partial charge on any atom is -0.380 e. The van der Waals surface area contributed by atoms with Crippen molar-refractivity contribution < 1.29 is 18.3 Å². The van der Waals surface area contributed by atoms with E-state index in [4.69, 9.17) is 4.74 Å². The van der Waals surface area contributed by atoms with Crippen LogP contribution in [0.15, 0.2) is 24.5 Å². The topological polar surface area (TPSA) is 98.1 Å². The van der Waals surface area contributed by atoms with E-state index in [0.717, 1.165) is 19.9 Å². The lowest BCUT2D eigenvalue weighted by atomic mass is 10.2. The lowest BCUT2D eigenvalue weighted by Gasteiger charge is -2.15. The third kappa shape index (κ3) is 3.80. The minimum absolute atomic E-state index is 0.00717. The van der Waals surface area contributed by atoms with Gasteiger partial charge in [-0.25, -0.2) is 15.0 Å². The van der Waals surface area contributed by atoms with Crippen LogP contribution in [0.3, 0.4) is 0 Å². The highest BCUT2D eigenvalue weighted by atomic mass is 19.3. The first-order valence-corrected chi connectivity index (χ1v) is 9.42. The summed E-state index contributed by atoms with van der Waals surface area (Å²) in [7, 11) is 1.66. The molecule has 158 valence electrons. The maximum absolute atomic E-state index is 13.8. The molecule has 9 nitrogen and oxygen atoms in total. The molecule has 1 amide bonds. The van der Waals surface area contributed by atoms with Gasteiger partial charge in [0.15, 0.2) is 5.82 Å². The summed E-state index contributed by atoms with van der Waals surface area (Å²) in [4.78, 5) is 25.9. The first-order chi connectivity index (χ1) is 14.3. The van der Waals surface area contributed by atoms with Crippen LogP contribution < -0.4 is 10.2 Å². The van der Waals surface area contributed by atoms with E-state index < -0.39 is 11.6 Å². The number of ether oxygens (including phenoxy) is 1. The number of carbonyl (C=O) groups excluding carboxylic acids is 1. The number of hydrogen-bond acceptors (Lipinski definition) is 7. The Morgan fingerprint density at radius 1 is 1.37 bits per heavy atom. The minimum atomic E-state index is -3.12. The predicted molar refractivity (Wildman–Crippen MR) is 106 cm³/mol. The fourth-order valence-corrected chi connectivity index (χ4v) is 3.44. The second-order valence-corrected chi connectivity index (χ2v) is 7.23. The Labute approximate surface area is 171 Å². The summed E-state index contributed by atoms with van der Waals surface area (Å²) < 4.78 is 34.4. The van der Waals surface area contributed by atoms with Gasteiger partial charge in [-0.15, -0.1) is 5.10 Å². The summed E-state index contributed by atoms with van der Waals surface area (Å²) in [6, 6.07) is 2.79. The van der Waals surface area contributed by atoms with Crippen LogP contribution in [-0.2, 0) is 15.5 Å². The first-order valence-electron chi connectivity index (χ1n) is 9.42. The predicted octanol–water partition coefficient (Wildman–Crippen LogP) is 2.51. The molecule has 0 aromatic carbocycles. The van der Waals surface area contributed by atoms with Gasteiger partial charge in [0, 0.05) is 52.5 Å². The Bertz CT molecular complexity index is 1100. The highest BCUT2D eigenvalue weighted by molar-refractivity contribution is 5.95. The first kappa shape index (κ1) is 20.1. The van der Waals surface area contributed by atoms with Gasteiger partial charge in [0.2, 0.25) is 5.91 Å². The Morgan fingerprint density at radius 3 is 2.83 bits per heavy atom. The van der Waals surface area contributed by atoms with Crippen molar-refractivity contribution in [1.29, 1.82) is 0 Å². The molecule has 1 saturated heterocycles. The van der Waals surface area contributed by atoms with Crippen LogP contribution in [0.5, 0.6) is 0 Å². The van der Waals surface area contributed by atoms with Crippen molar-refractivity contribution >= 4 is 28.4 Å². The molecule has 11 heteroatoms. The number of carbonyl (C=O) groups is 1. The highest BCUT2D eigenvalue weighted by Gasteiger charge is 2.29. The Balaban J connectivity index is 1.86. The number of fused-ring (bicyclic) bond motifs is 1. The van der Waals surface area contributed by atoms with E-state index in [1.54, 1.807) is 19.4 Å². The maximum atomic E-state index is 13.8. The van der Waals surface area contributed by atoms with Crippen LogP contribution in [0.4, 0.5) is 20.4 Å². The third-order valence-corrected chi connectivity index (χ3v) is 4.91. The molecule has 1 aliphatic heterocycles. The summed E-state index contributed by atoms with van der Waals surface area (Å²) in [5.41, 5.74) is 0.135. The normalized spacial score (nSPS) is 17.0. The molecule has 1 aliphatic rings. The molecule has 0 bridgehead atoms. The summed E-state index contributed by atoms with van der Waals surface area (Å²) in [5, 5.41) is 7.93. The van der Waals surface area contributed by atoms with Crippen molar-refractivity contribution in [3.8, 4) is 5.95 Å². The standard InChI is InChI=1S/C19H21F2N7O2/c1-11(29)24-16-8-14-13(9-23-16)17(27-7-5-12(10-27)30-3)26-28(14)18-22-6-4-15(25-18)19(2,20)21/h4,6,8-9,12H,5,7,10H2,1-3H3,(H,23,24,29). The molecule has 1 N–H and O–H groups in total. The number of rotatable bonds is 5. The van der Waals surface area contributed by atoms with Crippen LogP contribution in [0.2, 0.25) is 0 Å². The van der Waals surface area contributed by atoms with Gasteiger partial charge in [0.1, 0.15) is 11.5 Å². The highest BCUT2D eigenvalue weighted by Crippen LogP contribution is 2.32. The Hall–Kier alpha value is -3.21. The second-order valence-electron chi connectivity index (χ2n) is 7.23. The van der Waals surface area contributed by atoms with E-state index in [-0.39, 0.29) is 18.0 Å². The van der Waals surface area contributed by atoms with E-state index in [0.29, 0.717) is 29.1 Å². The molecule has 0 spiro atoms. The molecule has 1 fully saturated rings. The molecule has 0 saturated carbocycles. The number of nitrogens with one attached hydrogen (secondary N) is 1. The molecule has 3 aromatic heterocycles. The lowest BCUT2D eigenvalue weighted by molar-refractivity contribution is -0.114. The van der Waals surface area contributed by atoms with E-state index in [9.17, 15) is 13.6 Å². The smallest absolute Gasteiger partial charge is 0.287 e. The fraction of sp³-hybridized carbons (Fsp3) is 0.421. The Kier molecular flexibility index (Phi) is 5.06. The molecular weight excluding hydrogens is 396 g/mol. The number of halogens is 2. The number of pyridine rings is 1. The molecule has 1 atom stereocenters. The number of alkyl halides is 2. The number of anilines is 2. The van der Waals surface area contributed by atoms with E-state index in [2.05, 4.69) is 25.4 Å². The molecule has 4 heterocycles. The molecule has 0 aliphatic carbocycles. The average molecular weight is 417 g/mol. The number of nitrogens with zero attached hydrogens (tertiary/aromatic N) is 6. The van der Waals surface area contributed by atoms with Crippen molar-refractivity contribution in [2.24, 2.45) is 0 Å².